The van der Waals surface area contributed by atoms with E-state index < -0.39 is 17.6 Å². The van der Waals surface area contributed by atoms with Gasteiger partial charge in [-0.3, -0.25) is 9.78 Å². The number of hydrogen-bond donors (Lipinski definition) is 1. The van der Waals surface area contributed by atoms with Gasteiger partial charge in [-0.05, 0) is 48.0 Å². The van der Waals surface area contributed by atoms with Crippen molar-refractivity contribution in [2.24, 2.45) is 5.73 Å². The molecule has 0 saturated heterocycles. The number of primary amides is 1. The second kappa shape index (κ2) is 6.87. The van der Waals surface area contributed by atoms with Crippen LogP contribution in [0.25, 0.3) is 11.1 Å². The highest BCUT2D eigenvalue weighted by Crippen LogP contribution is 2.32. The van der Waals surface area contributed by atoms with Crippen LogP contribution in [0.15, 0.2) is 66.9 Å². The average Bonchev–Trinajstić information content (AvgIpc) is 2.62. The Balaban J connectivity index is 1.79. The number of aromatic nitrogens is 1. The fraction of sp³-hybridized carbons (Fsp3) is 0.0526. The SMILES string of the molecule is NC(=O)c1ncccc1-c1ccc(Oc2ccc(C(F)(F)F)cc2)cc1. The molecule has 3 aromatic rings. The second-order valence-corrected chi connectivity index (χ2v) is 5.41. The molecule has 26 heavy (non-hydrogen) atoms. The summed E-state index contributed by atoms with van der Waals surface area (Å²) in [6.07, 6.45) is -2.91. The molecule has 0 unspecified atom stereocenters. The number of rotatable bonds is 4. The van der Waals surface area contributed by atoms with Gasteiger partial charge in [0.1, 0.15) is 17.2 Å². The molecule has 0 radical (unpaired) electrons. The molecule has 1 heterocycles. The molecule has 3 rings (SSSR count). The third-order valence-corrected chi connectivity index (χ3v) is 3.62. The molecule has 4 nitrogen and oxygen atoms in total. The molecule has 0 fully saturated rings. The molecular weight excluding hydrogens is 345 g/mol. The Hall–Kier alpha value is -3.35. The normalized spacial score (nSPS) is 11.2. The molecule has 0 saturated carbocycles. The minimum atomic E-state index is -4.39. The van der Waals surface area contributed by atoms with Gasteiger partial charge in [0.05, 0.1) is 5.56 Å². The van der Waals surface area contributed by atoms with Gasteiger partial charge in [-0.15, -0.1) is 0 Å². The fourth-order valence-corrected chi connectivity index (χ4v) is 2.39. The van der Waals surface area contributed by atoms with Crippen molar-refractivity contribution in [2.75, 3.05) is 0 Å². The van der Waals surface area contributed by atoms with Gasteiger partial charge in [0, 0.05) is 11.8 Å². The lowest BCUT2D eigenvalue weighted by molar-refractivity contribution is -0.137. The third-order valence-electron chi connectivity index (χ3n) is 3.62. The van der Waals surface area contributed by atoms with Crippen LogP contribution >= 0.6 is 0 Å². The van der Waals surface area contributed by atoms with E-state index in [-0.39, 0.29) is 11.4 Å². The van der Waals surface area contributed by atoms with Gasteiger partial charge in [0.25, 0.3) is 5.91 Å². The van der Waals surface area contributed by atoms with E-state index in [2.05, 4.69) is 4.98 Å². The minimum Gasteiger partial charge on any atom is -0.457 e. The Labute approximate surface area is 147 Å². The Morgan fingerprint density at radius 3 is 2.04 bits per heavy atom. The van der Waals surface area contributed by atoms with Crippen LogP contribution in [0.4, 0.5) is 13.2 Å². The molecule has 7 heteroatoms. The van der Waals surface area contributed by atoms with Crippen LogP contribution in [0.1, 0.15) is 16.1 Å². The highest BCUT2D eigenvalue weighted by atomic mass is 19.4. The van der Waals surface area contributed by atoms with E-state index in [1.807, 2.05) is 0 Å². The number of amides is 1. The van der Waals surface area contributed by atoms with Gasteiger partial charge >= 0.3 is 6.18 Å². The predicted octanol–water partition coefficient (Wildman–Crippen LogP) is 4.66. The number of hydrogen-bond acceptors (Lipinski definition) is 3. The monoisotopic (exact) mass is 358 g/mol. The summed E-state index contributed by atoms with van der Waals surface area (Å²) >= 11 is 0. The highest BCUT2D eigenvalue weighted by molar-refractivity contribution is 5.97. The van der Waals surface area contributed by atoms with Crippen LogP contribution in [-0.2, 0) is 6.18 Å². The molecule has 1 aromatic heterocycles. The number of carbonyl (C=O) groups is 1. The highest BCUT2D eigenvalue weighted by Gasteiger charge is 2.30. The first-order chi connectivity index (χ1) is 12.3. The third kappa shape index (κ3) is 3.83. The van der Waals surface area contributed by atoms with Crippen LogP contribution < -0.4 is 10.5 Å². The van der Waals surface area contributed by atoms with E-state index in [1.54, 1.807) is 36.4 Å². The lowest BCUT2D eigenvalue weighted by atomic mass is 10.0. The molecule has 0 spiro atoms. The minimum absolute atomic E-state index is 0.156. The molecule has 0 aliphatic carbocycles. The number of ether oxygens (including phenoxy) is 1. The Kier molecular flexibility index (Phi) is 4.62. The van der Waals surface area contributed by atoms with E-state index in [0.29, 0.717) is 16.9 Å². The summed E-state index contributed by atoms with van der Waals surface area (Å²) in [6.45, 7) is 0. The van der Waals surface area contributed by atoms with Crippen molar-refractivity contribution in [3.63, 3.8) is 0 Å². The molecule has 0 bridgehead atoms. The lowest BCUT2D eigenvalue weighted by Crippen LogP contribution is -2.14. The van der Waals surface area contributed by atoms with E-state index in [4.69, 9.17) is 10.5 Å². The topological polar surface area (TPSA) is 65.2 Å². The molecule has 1 amide bonds. The molecule has 0 aliphatic rings. The fourth-order valence-electron chi connectivity index (χ4n) is 2.39. The summed E-state index contributed by atoms with van der Waals surface area (Å²) in [4.78, 5) is 15.4. The first-order valence-electron chi connectivity index (χ1n) is 7.55. The van der Waals surface area contributed by atoms with E-state index in [0.717, 1.165) is 12.1 Å². The van der Waals surface area contributed by atoms with E-state index >= 15 is 0 Å². The zero-order valence-electron chi connectivity index (χ0n) is 13.3. The van der Waals surface area contributed by atoms with Crippen LogP contribution in [0.5, 0.6) is 11.5 Å². The number of halogens is 3. The zero-order chi connectivity index (χ0) is 18.7. The summed E-state index contributed by atoms with van der Waals surface area (Å²) in [5.41, 5.74) is 6.04. The van der Waals surface area contributed by atoms with Crippen LogP contribution in [0.2, 0.25) is 0 Å². The van der Waals surface area contributed by atoms with Crippen molar-refractivity contribution in [1.29, 1.82) is 0 Å². The van der Waals surface area contributed by atoms with Crippen molar-refractivity contribution in [1.82, 2.24) is 4.98 Å². The summed E-state index contributed by atoms with van der Waals surface area (Å²) in [7, 11) is 0. The Bertz CT molecular complexity index is 921. The molecule has 2 N–H and O–H groups in total. The van der Waals surface area contributed by atoms with E-state index in [1.165, 1.54) is 18.3 Å². The average molecular weight is 358 g/mol. The number of nitrogens with two attached hydrogens (primary N) is 1. The lowest BCUT2D eigenvalue weighted by Gasteiger charge is -2.10. The van der Waals surface area contributed by atoms with Gasteiger partial charge in [-0.1, -0.05) is 18.2 Å². The van der Waals surface area contributed by atoms with Crippen molar-refractivity contribution in [3.05, 3.63) is 78.1 Å². The van der Waals surface area contributed by atoms with Crippen LogP contribution in [0.3, 0.4) is 0 Å². The summed E-state index contributed by atoms with van der Waals surface area (Å²) in [5, 5.41) is 0. The first kappa shape index (κ1) is 17.5. The van der Waals surface area contributed by atoms with Gasteiger partial charge in [0.2, 0.25) is 0 Å². The summed E-state index contributed by atoms with van der Waals surface area (Å²) < 4.78 is 43.2. The first-order valence-corrected chi connectivity index (χ1v) is 7.55. The predicted molar refractivity (Wildman–Crippen MR) is 89.7 cm³/mol. The number of pyridine rings is 1. The molecule has 0 aliphatic heterocycles. The molecular formula is C19H13F3N2O2. The maximum atomic E-state index is 12.6. The van der Waals surface area contributed by atoms with Crippen molar-refractivity contribution < 1.29 is 22.7 Å². The second-order valence-electron chi connectivity index (χ2n) is 5.41. The smallest absolute Gasteiger partial charge is 0.416 e. The van der Waals surface area contributed by atoms with Gasteiger partial charge in [0.15, 0.2) is 0 Å². The van der Waals surface area contributed by atoms with Crippen LogP contribution in [0, 0.1) is 0 Å². The molecule has 0 atom stereocenters. The molecule has 2 aromatic carbocycles. The number of carbonyl (C=O) groups excluding carboxylic acids is 1. The van der Waals surface area contributed by atoms with Crippen LogP contribution in [-0.4, -0.2) is 10.9 Å². The van der Waals surface area contributed by atoms with Crippen molar-refractivity contribution >= 4 is 5.91 Å². The van der Waals surface area contributed by atoms with Gasteiger partial charge < -0.3 is 10.5 Å². The zero-order valence-corrected chi connectivity index (χ0v) is 13.3. The maximum absolute atomic E-state index is 12.6. The summed E-state index contributed by atoms with van der Waals surface area (Å²) in [6, 6.07) is 14.5. The van der Waals surface area contributed by atoms with Crippen molar-refractivity contribution in [2.45, 2.75) is 6.18 Å². The van der Waals surface area contributed by atoms with E-state index in [9.17, 15) is 18.0 Å². The van der Waals surface area contributed by atoms with Gasteiger partial charge in [-0.2, -0.15) is 13.2 Å². The standard InChI is InChI=1S/C19H13F3N2O2/c20-19(21,22)13-5-9-15(10-6-13)26-14-7-3-12(4-8-14)16-2-1-11-24-17(16)18(23)25/h1-11H,(H2,23,25). The summed E-state index contributed by atoms with van der Waals surface area (Å²) in [5.74, 6) is 0.0913. The molecule has 132 valence electrons. The maximum Gasteiger partial charge on any atom is 0.416 e. The number of benzene rings is 2. The van der Waals surface area contributed by atoms with Gasteiger partial charge in [-0.25, -0.2) is 0 Å². The number of alkyl halides is 3. The largest absolute Gasteiger partial charge is 0.457 e. The quantitative estimate of drug-likeness (QED) is 0.738. The number of nitrogens with zero attached hydrogens (tertiary/aromatic N) is 1. The Morgan fingerprint density at radius 1 is 0.923 bits per heavy atom. The van der Waals surface area contributed by atoms with Crippen molar-refractivity contribution in [3.8, 4) is 22.6 Å². The Morgan fingerprint density at radius 2 is 1.50 bits per heavy atom.